The van der Waals surface area contributed by atoms with E-state index in [0.717, 1.165) is 17.4 Å². The Bertz CT molecular complexity index is 972. The van der Waals surface area contributed by atoms with Gasteiger partial charge in [-0.15, -0.1) is 0 Å². The fraction of sp³-hybridized carbons (Fsp3) is 0.316. The maximum Gasteiger partial charge on any atom is 0.229 e. The van der Waals surface area contributed by atoms with E-state index in [9.17, 15) is 13.2 Å². The minimum Gasteiger partial charge on any atom is -0.335 e. The van der Waals surface area contributed by atoms with Crippen LogP contribution in [-0.4, -0.2) is 32.0 Å². The summed E-state index contributed by atoms with van der Waals surface area (Å²) in [4.78, 5) is 14.7. The number of hydrogen-bond donors (Lipinski definition) is 1. The van der Waals surface area contributed by atoms with Crippen molar-refractivity contribution in [3.63, 3.8) is 0 Å². The second-order valence-corrected chi connectivity index (χ2v) is 9.20. The standard InChI is InChI=1S/C19H20Cl2N2O3S/c1-12-13-5-3-8-18(22-27(2,25)26)14(13)9-10-23(12)19(24)11-15-16(20)6-4-7-17(15)21/h3-8,12,22H,9-11H2,1-2H3/t12-/m0/s1. The molecule has 0 bridgehead atoms. The molecule has 0 saturated carbocycles. The fourth-order valence-electron chi connectivity index (χ4n) is 3.46. The molecule has 2 aromatic rings. The van der Waals surface area contributed by atoms with Gasteiger partial charge >= 0.3 is 0 Å². The van der Waals surface area contributed by atoms with E-state index >= 15 is 0 Å². The Morgan fingerprint density at radius 1 is 1.19 bits per heavy atom. The molecule has 1 aliphatic rings. The Hall–Kier alpha value is -1.76. The lowest BCUT2D eigenvalue weighted by atomic mass is 9.91. The molecule has 0 unspecified atom stereocenters. The molecule has 0 saturated heterocycles. The fourth-order valence-corrected chi connectivity index (χ4v) is 4.58. The van der Waals surface area contributed by atoms with Crippen LogP contribution in [0, 0.1) is 0 Å². The van der Waals surface area contributed by atoms with Crippen molar-refractivity contribution in [3.05, 3.63) is 63.1 Å². The molecule has 0 aromatic heterocycles. The van der Waals surface area contributed by atoms with E-state index in [1.165, 1.54) is 0 Å². The third-order valence-electron chi connectivity index (χ3n) is 4.74. The molecule has 8 heteroatoms. The maximum absolute atomic E-state index is 12.9. The highest BCUT2D eigenvalue weighted by Gasteiger charge is 2.29. The van der Waals surface area contributed by atoms with Crippen LogP contribution in [0.5, 0.6) is 0 Å². The smallest absolute Gasteiger partial charge is 0.229 e. The zero-order valence-electron chi connectivity index (χ0n) is 15.0. The second-order valence-electron chi connectivity index (χ2n) is 6.64. The van der Waals surface area contributed by atoms with Gasteiger partial charge in [-0.05, 0) is 48.2 Å². The van der Waals surface area contributed by atoms with Gasteiger partial charge < -0.3 is 4.90 Å². The van der Waals surface area contributed by atoms with Gasteiger partial charge in [0.25, 0.3) is 0 Å². The quantitative estimate of drug-likeness (QED) is 0.801. The maximum atomic E-state index is 12.9. The highest BCUT2D eigenvalue weighted by atomic mass is 35.5. The van der Waals surface area contributed by atoms with Gasteiger partial charge in [-0.25, -0.2) is 8.42 Å². The number of benzene rings is 2. The molecule has 5 nitrogen and oxygen atoms in total. The Labute approximate surface area is 169 Å². The first-order valence-electron chi connectivity index (χ1n) is 8.49. The van der Waals surface area contributed by atoms with Gasteiger partial charge in [0.05, 0.1) is 24.4 Å². The van der Waals surface area contributed by atoms with Crippen molar-refractivity contribution < 1.29 is 13.2 Å². The summed E-state index contributed by atoms with van der Waals surface area (Å²) in [7, 11) is -3.37. The van der Waals surface area contributed by atoms with Gasteiger partial charge in [0, 0.05) is 16.6 Å². The summed E-state index contributed by atoms with van der Waals surface area (Å²) >= 11 is 12.4. The van der Waals surface area contributed by atoms with Gasteiger partial charge in [0.2, 0.25) is 15.9 Å². The first-order valence-corrected chi connectivity index (χ1v) is 11.1. The summed E-state index contributed by atoms with van der Waals surface area (Å²) in [5.74, 6) is -0.0652. The minimum absolute atomic E-state index is 0.0652. The third kappa shape index (κ3) is 4.39. The molecule has 1 amide bonds. The minimum atomic E-state index is -3.37. The number of nitrogens with zero attached hydrogens (tertiary/aromatic N) is 1. The van der Waals surface area contributed by atoms with Gasteiger partial charge in [0.15, 0.2) is 0 Å². The number of amides is 1. The summed E-state index contributed by atoms with van der Waals surface area (Å²) in [5, 5.41) is 0.945. The van der Waals surface area contributed by atoms with Crippen molar-refractivity contribution >= 4 is 44.8 Å². The molecule has 27 heavy (non-hydrogen) atoms. The lowest BCUT2D eigenvalue weighted by Gasteiger charge is -2.36. The van der Waals surface area contributed by atoms with Crippen LogP contribution in [-0.2, 0) is 27.7 Å². The van der Waals surface area contributed by atoms with Crippen molar-refractivity contribution in [1.29, 1.82) is 0 Å². The number of anilines is 1. The normalized spacial score (nSPS) is 16.7. The van der Waals surface area contributed by atoms with Gasteiger partial charge in [-0.3, -0.25) is 9.52 Å². The molecule has 3 rings (SSSR count). The average molecular weight is 427 g/mol. The van der Waals surface area contributed by atoms with Crippen molar-refractivity contribution in [3.8, 4) is 0 Å². The number of nitrogens with one attached hydrogen (secondary N) is 1. The zero-order chi connectivity index (χ0) is 19.8. The molecule has 1 aliphatic heterocycles. The van der Waals surface area contributed by atoms with E-state index in [1.807, 2.05) is 13.0 Å². The summed E-state index contributed by atoms with van der Waals surface area (Å²) in [6, 6.07) is 10.5. The first-order chi connectivity index (χ1) is 12.7. The highest BCUT2D eigenvalue weighted by Crippen LogP contribution is 2.35. The van der Waals surface area contributed by atoms with Gasteiger partial charge in [0.1, 0.15) is 0 Å². The predicted molar refractivity (Wildman–Crippen MR) is 109 cm³/mol. The van der Waals surface area contributed by atoms with E-state index in [0.29, 0.717) is 34.3 Å². The van der Waals surface area contributed by atoms with Crippen LogP contribution in [0.2, 0.25) is 10.0 Å². The van der Waals surface area contributed by atoms with Crippen molar-refractivity contribution in [1.82, 2.24) is 4.90 Å². The topological polar surface area (TPSA) is 66.5 Å². The monoisotopic (exact) mass is 426 g/mol. The molecule has 1 heterocycles. The van der Waals surface area contributed by atoms with Crippen LogP contribution in [0.15, 0.2) is 36.4 Å². The zero-order valence-corrected chi connectivity index (χ0v) is 17.3. The number of fused-ring (bicyclic) bond motifs is 1. The second kappa shape index (κ2) is 7.70. The molecule has 144 valence electrons. The molecular formula is C19H20Cl2N2O3S. The van der Waals surface area contributed by atoms with Gasteiger partial charge in [-0.1, -0.05) is 41.4 Å². The third-order valence-corrected chi connectivity index (χ3v) is 6.04. The molecule has 0 radical (unpaired) electrons. The number of hydrogen-bond acceptors (Lipinski definition) is 3. The number of carbonyl (C=O) groups is 1. The Balaban J connectivity index is 1.86. The lowest BCUT2D eigenvalue weighted by molar-refractivity contribution is -0.133. The van der Waals surface area contributed by atoms with E-state index < -0.39 is 10.0 Å². The molecule has 0 aliphatic carbocycles. The lowest BCUT2D eigenvalue weighted by Crippen LogP contribution is -2.40. The Morgan fingerprint density at radius 2 is 1.81 bits per heavy atom. The van der Waals surface area contributed by atoms with Gasteiger partial charge in [-0.2, -0.15) is 0 Å². The van der Waals surface area contributed by atoms with Crippen LogP contribution < -0.4 is 4.72 Å². The van der Waals surface area contributed by atoms with Crippen molar-refractivity contribution in [2.75, 3.05) is 17.5 Å². The predicted octanol–water partition coefficient (Wildman–Crippen LogP) is 4.05. The van der Waals surface area contributed by atoms with E-state index in [1.54, 1.807) is 35.2 Å². The summed E-state index contributed by atoms with van der Waals surface area (Å²) < 4.78 is 25.8. The van der Waals surface area contributed by atoms with Crippen molar-refractivity contribution in [2.45, 2.75) is 25.8 Å². The first kappa shape index (κ1) is 20.0. The van der Waals surface area contributed by atoms with Crippen molar-refractivity contribution in [2.24, 2.45) is 0 Å². The SMILES string of the molecule is C[C@H]1c2cccc(NS(C)(=O)=O)c2CCN1C(=O)Cc1c(Cl)cccc1Cl. The summed E-state index contributed by atoms with van der Waals surface area (Å²) in [5.41, 5.74) is 3.06. The van der Waals surface area contributed by atoms with Crippen LogP contribution in [0.4, 0.5) is 5.69 Å². The van der Waals surface area contributed by atoms with Crippen LogP contribution >= 0.6 is 23.2 Å². The molecular weight excluding hydrogens is 407 g/mol. The number of sulfonamides is 1. The average Bonchev–Trinajstić information content (AvgIpc) is 2.58. The number of rotatable bonds is 4. The van der Waals surface area contributed by atoms with E-state index in [4.69, 9.17) is 23.2 Å². The van der Waals surface area contributed by atoms with Crippen LogP contribution in [0.3, 0.4) is 0 Å². The number of carbonyl (C=O) groups excluding carboxylic acids is 1. The molecule has 1 N–H and O–H groups in total. The largest absolute Gasteiger partial charge is 0.335 e. The molecule has 0 spiro atoms. The van der Waals surface area contributed by atoms with E-state index in [-0.39, 0.29) is 18.4 Å². The van der Waals surface area contributed by atoms with Crippen LogP contribution in [0.25, 0.3) is 0 Å². The summed E-state index contributed by atoms with van der Waals surface area (Å²) in [6.45, 7) is 2.44. The molecule has 2 aromatic carbocycles. The van der Waals surface area contributed by atoms with E-state index in [2.05, 4.69) is 4.72 Å². The highest BCUT2D eigenvalue weighted by molar-refractivity contribution is 7.92. The molecule has 1 atom stereocenters. The Morgan fingerprint density at radius 3 is 2.44 bits per heavy atom. The molecule has 0 fully saturated rings. The Kier molecular flexibility index (Phi) is 5.70. The number of halogens is 2. The van der Waals surface area contributed by atoms with Crippen LogP contribution in [0.1, 0.15) is 29.7 Å². The summed E-state index contributed by atoms with van der Waals surface area (Å²) in [6.07, 6.45) is 1.82.